The third kappa shape index (κ3) is 10.2. The number of hydrogen-bond acceptors (Lipinski definition) is 7. The maximum atomic E-state index is 13.5. The highest BCUT2D eigenvalue weighted by molar-refractivity contribution is 7.90. The molecular formula is C32H41BN2O7S. The van der Waals surface area contributed by atoms with Crippen LogP contribution in [0.3, 0.4) is 0 Å². The van der Waals surface area contributed by atoms with E-state index in [0.717, 1.165) is 17.5 Å². The second kappa shape index (κ2) is 14.7. The van der Waals surface area contributed by atoms with Crippen molar-refractivity contribution < 1.29 is 32.8 Å². The van der Waals surface area contributed by atoms with Crippen molar-refractivity contribution in [2.45, 2.75) is 76.2 Å². The first kappa shape index (κ1) is 33.8. The summed E-state index contributed by atoms with van der Waals surface area (Å²) in [7, 11) is -3.77. The number of ether oxygens (including phenoxy) is 1. The van der Waals surface area contributed by atoms with Crippen molar-refractivity contribution in [2.24, 2.45) is 0 Å². The van der Waals surface area contributed by atoms with Crippen LogP contribution in [-0.4, -0.2) is 55.1 Å². The number of nitrogens with one attached hydrogen (secondary N) is 1. The van der Waals surface area contributed by atoms with Gasteiger partial charge in [0.1, 0.15) is 5.60 Å². The maximum Gasteiger partial charge on any atom is 0.488 e. The average molecular weight is 609 g/mol. The van der Waals surface area contributed by atoms with Crippen molar-refractivity contribution in [3.8, 4) is 0 Å². The van der Waals surface area contributed by atoms with Gasteiger partial charge in [0.15, 0.2) is 9.84 Å². The Morgan fingerprint density at radius 1 is 0.953 bits per heavy atom. The molecule has 3 rings (SSSR count). The van der Waals surface area contributed by atoms with Crippen molar-refractivity contribution in [1.82, 2.24) is 4.90 Å². The molecule has 0 saturated heterocycles. The smallest absolute Gasteiger partial charge is 0.444 e. The van der Waals surface area contributed by atoms with Gasteiger partial charge in [-0.15, -0.1) is 0 Å². The van der Waals surface area contributed by atoms with Gasteiger partial charge in [0.25, 0.3) is 0 Å². The van der Waals surface area contributed by atoms with Gasteiger partial charge in [-0.3, -0.25) is 4.79 Å². The van der Waals surface area contributed by atoms with Gasteiger partial charge in [-0.1, -0.05) is 55.5 Å². The van der Waals surface area contributed by atoms with Crippen LogP contribution in [0.5, 0.6) is 0 Å². The Hall–Kier alpha value is -3.67. The molecule has 3 aromatic rings. The molecule has 0 aromatic heterocycles. The van der Waals surface area contributed by atoms with Crippen LogP contribution < -0.4 is 10.8 Å². The SMILES string of the molecule is CCc1cc(B(O)O)ccc1CCCC(=O)Nc1ccc(S(=O)(=O)Cc2ccccc2)c(CN(C)C(=O)OC(C)(C)C)c1. The van der Waals surface area contributed by atoms with Crippen LogP contribution in [0.15, 0.2) is 71.6 Å². The van der Waals surface area contributed by atoms with Crippen LogP contribution in [-0.2, 0) is 44.5 Å². The molecule has 43 heavy (non-hydrogen) atoms. The lowest BCUT2D eigenvalue weighted by molar-refractivity contribution is -0.116. The molecule has 0 saturated carbocycles. The van der Waals surface area contributed by atoms with E-state index in [1.54, 1.807) is 69.3 Å². The second-order valence-electron chi connectivity index (χ2n) is 11.6. The third-order valence-corrected chi connectivity index (χ3v) is 8.53. The van der Waals surface area contributed by atoms with Gasteiger partial charge >= 0.3 is 13.2 Å². The normalized spacial score (nSPS) is 11.6. The minimum absolute atomic E-state index is 0.0414. The molecule has 0 aliphatic carbocycles. The first-order valence-electron chi connectivity index (χ1n) is 14.3. The lowest BCUT2D eigenvalue weighted by Gasteiger charge is -2.25. The number of carbonyl (C=O) groups excluding carboxylic acids is 2. The Morgan fingerprint density at radius 3 is 2.28 bits per heavy atom. The second-order valence-corrected chi connectivity index (χ2v) is 13.5. The lowest BCUT2D eigenvalue weighted by atomic mass is 9.78. The topological polar surface area (TPSA) is 133 Å². The summed E-state index contributed by atoms with van der Waals surface area (Å²) in [6.07, 6.45) is 1.57. The quantitative estimate of drug-likeness (QED) is 0.262. The largest absolute Gasteiger partial charge is 0.488 e. The lowest BCUT2D eigenvalue weighted by Crippen LogP contribution is -2.34. The first-order valence-corrected chi connectivity index (χ1v) is 15.9. The summed E-state index contributed by atoms with van der Waals surface area (Å²) in [5.74, 6) is -0.437. The number of benzene rings is 3. The summed E-state index contributed by atoms with van der Waals surface area (Å²) in [4.78, 5) is 26.9. The van der Waals surface area contributed by atoms with E-state index in [9.17, 15) is 28.1 Å². The fourth-order valence-corrected chi connectivity index (χ4v) is 6.24. The van der Waals surface area contributed by atoms with E-state index in [-0.39, 0.29) is 29.5 Å². The standard InChI is InChI=1S/C32H41BN2O7S/c1-6-24-19-27(33(38)39)16-15-25(24)13-10-14-30(36)34-28-17-18-29(43(40,41)22-23-11-8-7-9-12-23)26(20-28)21-35(5)31(37)42-32(2,3)4/h7-9,11-12,15-20,38-39H,6,10,13-14,21-22H2,1-5H3,(H,34,36). The zero-order chi connectivity index (χ0) is 31.8. The maximum absolute atomic E-state index is 13.5. The van der Waals surface area contributed by atoms with Crippen LogP contribution in [0.2, 0.25) is 0 Å². The van der Waals surface area contributed by atoms with E-state index in [0.29, 0.717) is 35.1 Å². The van der Waals surface area contributed by atoms with Crippen molar-refractivity contribution in [3.05, 3.63) is 89.0 Å². The number of nitrogens with zero attached hydrogens (tertiary/aromatic N) is 1. The van der Waals surface area contributed by atoms with Crippen LogP contribution in [0.1, 0.15) is 62.8 Å². The van der Waals surface area contributed by atoms with Crippen molar-refractivity contribution in [3.63, 3.8) is 0 Å². The molecule has 2 amide bonds. The Balaban J connectivity index is 1.77. The predicted octanol–water partition coefficient (Wildman–Crippen LogP) is 4.23. The summed E-state index contributed by atoms with van der Waals surface area (Å²) < 4.78 is 32.4. The molecule has 230 valence electrons. The van der Waals surface area contributed by atoms with Crippen LogP contribution >= 0.6 is 0 Å². The van der Waals surface area contributed by atoms with Gasteiger partial charge in [-0.2, -0.15) is 0 Å². The zero-order valence-corrected chi connectivity index (χ0v) is 26.3. The van der Waals surface area contributed by atoms with E-state index < -0.39 is 28.6 Å². The minimum Gasteiger partial charge on any atom is -0.444 e. The van der Waals surface area contributed by atoms with E-state index in [1.165, 1.54) is 18.0 Å². The molecule has 0 heterocycles. The molecule has 0 atom stereocenters. The summed E-state index contributed by atoms with van der Waals surface area (Å²) in [5.41, 5.74) is 3.17. The third-order valence-electron chi connectivity index (χ3n) is 6.75. The highest BCUT2D eigenvalue weighted by Crippen LogP contribution is 2.26. The van der Waals surface area contributed by atoms with Gasteiger partial charge in [0.2, 0.25) is 5.91 Å². The molecule has 0 bridgehead atoms. The number of rotatable bonds is 12. The van der Waals surface area contributed by atoms with E-state index >= 15 is 0 Å². The van der Waals surface area contributed by atoms with Crippen LogP contribution in [0, 0.1) is 0 Å². The zero-order valence-electron chi connectivity index (χ0n) is 25.5. The molecule has 0 aliphatic rings. The summed E-state index contributed by atoms with van der Waals surface area (Å²) >= 11 is 0. The van der Waals surface area contributed by atoms with Crippen LogP contribution in [0.4, 0.5) is 10.5 Å². The van der Waals surface area contributed by atoms with E-state index in [1.807, 2.05) is 19.1 Å². The Bertz CT molecular complexity index is 1520. The molecule has 0 aliphatic heterocycles. The van der Waals surface area contributed by atoms with Crippen molar-refractivity contribution in [2.75, 3.05) is 12.4 Å². The molecule has 9 nitrogen and oxygen atoms in total. The Kier molecular flexibility index (Phi) is 11.5. The average Bonchev–Trinajstić information content (AvgIpc) is 2.92. The Labute approximate surface area is 255 Å². The van der Waals surface area contributed by atoms with Gasteiger partial charge < -0.3 is 25.0 Å². The molecular weight excluding hydrogens is 567 g/mol. The molecule has 11 heteroatoms. The number of carbonyl (C=O) groups is 2. The fourth-order valence-electron chi connectivity index (χ4n) is 4.66. The first-order chi connectivity index (χ1) is 20.2. The molecule has 3 aromatic carbocycles. The summed E-state index contributed by atoms with van der Waals surface area (Å²) in [6.45, 7) is 7.20. The van der Waals surface area contributed by atoms with Gasteiger partial charge in [-0.25, -0.2) is 13.2 Å². The van der Waals surface area contributed by atoms with E-state index in [2.05, 4.69) is 5.32 Å². The summed E-state index contributed by atoms with van der Waals surface area (Å²) in [5, 5.41) is 21.7. The molecule has 3 N–H and O–H groups in total. The number of amides is 2. The number of hydrogen-bond donors (Lipinski definition) is 3. The molecule has 0 unspecified atom stereocenters. The van der Waals surface area contributed by atoms with E-state index in [4.69, 9.17) is 4.74 Å². The molecule has 0 fully saturated rings. The van der Waals surface area contributed by atoms with Crippen molar-refractivity contribution >= 4 is 40.1 Å². The van der Waals surface area contributed by atoms with Gasteiger partial charge in [-0.05, 0) is 85.9 Å². The highest BCUT2D eigenvalue weighted by Gasteiger charge is 2.24. The van der Waals surface area contributed by atoms with Crippen molar-refractivity contribution in [1.29, 1.82) is 0 Å². The molecule has 0 spiro atoms. The Morgan fingerprint density at radius 2 is 1.65 bits per heavy atom. The van der Waals surface area contributed by atoms with Gasteiger partial charge in [0, 0.05) is 19.2 Å². The highest BCUT2D eigenvalue weighted by atomic mass is 32.2. The molecule has 0 radical (unpaired) electrons. The monoisotopic (exact) mass is 608 g/mol. The van der Waals surface area contributed by atoms with Crippen LogP contribution in [0.25, 0.3) is 0 Å². The summed E-state index contributed by atoms with van der Waals surface area (Å²) in [6, 6.07) is 18.8. The van der Waals surface area contributed by atoms with Gasteiger partial charge in [0.05, 0.1) is 17.2 Å². The number of anilines is 1. The number of sulfone groups is 1. The predicted molar refractivity (Wildman–Crippen MR) is 169 cm³/mol. The fraction of sp³-hybridized carbons (Fsp3) is 0.375. The number of aryl methyl sites for hydroxylation is 2. The minimum atomic E-state index is -3.78.